The van der Waals surface area contributed by atoms with Gasteiger partial charge in [-0.3, -0.25) is 9.88 Å². The molecule has 3 unspecified atom stereocenters. The zero-order valence-corrected chi connectivity index (χ0v) is 17.0. The number of rotatable bonds is 6. The van der Waals surface area contributed by atoms with Crippen molar-refractivity contribution in [1.29, 1.82) is 0 Å². The van der Waals surface area contributed by atoms with Crippen LogP contribution in [0.1, 0.15) is 30.4 Å². The molecular formula is C23H30N4O. The van der Waals surface area contributed by atoms with E-state index in [1.807, 2.05) is 24.5 Å². The van der Waals surface area contributed by atoms with Gasteiger partial charge in [-0.25, -0.2) is 0 Å². The first kappa shape index (κ1) is 19.0. The summed E-state index contributed by atoms with van der Waals surface area (Å²) in [5, 5.41) is 1.28. The van der Waals surface area contributed by atoms with Crippen LogP contribution in [-0.2, 0) is 13.5 Å². The zero-order chi connectivity index (χ0) is 19.7. The minimum Gasteiger partial charge on any atom is -0.497 e. The summed E-state index contributed by atoms with van der Waals surface area (Å²) in [6, 6.07) is 11.2. The summed E-state index contributed by atoms with van der Waals surface area (Å²) in [4.78, 5) is 6.82. The Morgan fingerprint density at radius 3 is 2.75 bits per heavy atom. The highest BCUT2D eigenvalue weighted by Gasteiger charge is 2.34. The summed E-state index contributed by atoms with van der Waals surface area (Å²) >= 11 is 0. The Kier molecular flexibility index (Phi) is 5.38. The van der Waals surface area contributed by atoms with Crippen molar-refractivity contribution in [2.24, 2.45) is 12.8 Å². The molecule has 4 rings (SSSR count). The van der Waals surface area contributed by atoms with Crippen molar-refractivity contribution < 1.29 is 4.74 Å². The highest BCUT2D eigenvalue weighted by Crippen LogP contribution is 2.34. The van der Waals surface area contributed by atoms with Crippen LogP contribution in [0, 0.1) is 0 Å². The van der Waals surface area contributed by atoms with Gasteiger partial charge in [0.05, 0.1) is 18.8 Å². The number of pyridine rings is 1. The fourth-order valence-corrected chi connectivity index (χ4v) is 4.45. The van der Waals surface area contributed by atoms with E-state index in [1.54, 1.807) is 7.11 Å². The first-order valence-electron chi connectivity index (χ1n) is 10.1. The molecule has 0 saturated carbocycles. The van der Waals surface area contributed by atoms with E-state index in [4.69, 9.17) is 10.5 Å². The number of methoxy groups -OCH3 is 1. The van der Waals surface area contributed by atoms with Crippen LogP contribution in [0.4, 0.5) is 0 Å². The van der Waals surface area contributed by atoms with Gasteiger partial charge in [0, 0.05) is 55.9 Å². The van der Waals surface area contributed by atoms with E-state index in [0.29, 0.717) is 12.0 Å². The Labute approximate surface area is 167 Å². The third-order valence-corrected chi connectivity index (χ3v) is 6.25. The molecule has 148 valence electrons. The van der Waals surface area contributed by atoms with E-state index in [2.05, 4.69) is 52.8 Å². The predicted octanol–water partition coefficient (Wildman–Crippen LogP) is 3.33. The third-order valence-electron chi connectivity index (χ3n) is 6.25. The third kappa shape index (κ3) is 3.64. The molecule has 1 aromatic carbocycles. The maximum atomic E-state index is 6.60. The van der Waals surface area contributed by atoms with E-state index >= 15 is 0 Å². The number of nitrogens with zero attached hydrogens (tertiary/aromatic N) is 3. The minimum absolute atomic E-state index is 0.169. The summed E-state index contributed by atoms with van der Waals surface area (Å²) in [5.41, 5.74) is 10.5. The molecule has 1 aliphatic heterocycles. The Balaban J connectivity index is 1.42. The highest BCUT2D eigenvalue weighted by molar-refractivity contribution is 5.83. The highest BCUT2D eigenvalue weighted by atomic mass is 16.5. The number of hydrogen-bond acceptors (Lipinski definition) is 4. The number of nitrogens with two attached hydrogens (primary N) is 1. The van der Waals surface area contributed by atoms with Crippen molar-refractivity contribution in [3.8, 4) is 5.75 Å². The van der Waals surface area contributed by atoms with Crippen LogP contribution in [0.2, 0.25) is 0 Å². The van der Waals surface area contributed by atoms with E-state index in [9.17, 15) is 0 Å². The van der Waals surface area contributed by atoms with Gasteiger partial charge in [-0.15, -0.1) is 0 Å². The first-order chi connectivity index (χ1) is 13.6. The second-order valence-corrected chi connectivity index (χ2v) is 8.05. The smallest absolute Gasteiger partial charge is 0.118 e. The maximum Gasteiger partial charge on any atom is 0.118 e. The topological polar surface area (TPSA) is 56.3 Å². The van der Waals surface area contributed by atoms with Crippen LogP contribution in [0.25, 0.3) is 10.9 Å². The number of ether oxygens (including phenoxy) is 1. The molecule has 3 aromatic rings. The Morgan fingerprint density at radius 2 is 2.00 bits per heavy atom. The minimum atomic E-state index is 0.169. The molecule has 1 fully saturated rings. The number of benzene rings is 1. The van der Waals surface area contributed by atoms with Gasteiger partial charge in [-0.1, -0.05) is 12.1 Å². The summed E-state index contributed by atoms with van der Waals surface area (Å²) in [6.45, 7) is 4.30. The SMILES string of the molecule is COc1ccc(CCC(C)N2CC(N)C(c3cn(C)c4cnccc34)C2)cc1. The molecule has 28 heavy (non-hydrogen) atoms. The molecule has 3 atom stereocenters. The predicted molar refractivity (Wildman–Crippen MR) is 114 cm³/mol. The average molecular weight is 379 g/mol. The van der Waals surface area contributed by atoms with Crippen molar-refractivity contribution in [1.82, 2.24) is 14.5 Å². The van der Waals surface area contributed by atoms with Gasteiger partial charge in [0.25, 0.3) is 0 Å². The number of fused-ring (bicyclic) bond motifs is 1. The van der Waals surface area contributed by atoms with Crippen LogP contribution in [-0.4, -0.2) is 46.7 Å². The number of aromatic nitrogens is 2. The Hall–Kier alpha value is -2.37. The summed E-state index contributed by atoms with van der Waals surface area (Å²) in [5.74, 6) is 1.28. The van der Waals surface area contributed by atoms with Crippen LogP contribution in [0.15, 0.2) is 48.9 Å². The molecule has 2 N–H and O–H groups in total. The standard InChI is InChI=1S/C23H30N4O/c1-16(4-5-17-6-8-18(28-3)9-7-17)27-14-21(22(24)15-27)20-13-26(2)23-12-25-11-10-19(20)23/h6-13,16,21-22H,4-5,14-15,24H2,1-3H3. The molecule has 2 aromatic heterocycles. The number of hydrogen-bond donors (Lipinski definition) is 1. The lowest BCUT2D eigenvalue weighted by Gasteiger charge is -2.24. The van der Waals surface area contributed by atoms with Crippen LogP contribution < -0.4 is 10.5 Å². The Bertz CT molecular complexity index is 933. The molecule has 0 aliphatic carbocycles. The molecule has 0 radical (unpaired) electrons. The summed E-state index contributed by atoms with van der Waals surface area (Å²) in [7, 11) is 3.79. The van der Waals surface area contributed by atoms with E-state index in [-0.39, 0.29) is 6.04 Å². The van der Waals surface area contributed by atoms with Crippen molar-refractivity contribution in [2.45, 2.75) is 37.8 Å². The fraction of sp³-hybridized carbons (Fsp3) is 0.435. The molecule has 1 saturated heterocycles. The normalized spacial score (nSPS) is 21.3. The maximum absolute atomic E-state index is 6.60. The van der Waals surface area contributed by atoms with Crippen molar-refractivity contribution in [3.63, 3.8) is 0 Å². The lowest BCUT2D eigenvalue weighted by atomic mass is 9.95. The van der Waals surface area contributed by atoms with Crippen LogP contribution in [0.5, 0.6) is 5.75 Å². The Morgan fingerprint density at radius 1 is 1.21 bits per heavy atom. The number of aryl methyl sites for hydroxylation is 2. The second-order valence-electron chi connectivity index (χ2n) is 8.05. The first-order valence-corrected chi connectivity index (χ1v) is 10.1. The van der Waals surface area contributed by atoms with Gasteiger partial charge < -0.3 is 15.0 Å². The molecule has 0 amide bonds. The molecule has 0 bridgehead atoms. The molecule has 5 nitrogen and oxygen atoms in total. The molecule has 5 heteroatoms. The molecule has 3 heterocycles. The van der Waals surface area contributed by atoms with Gasteiger partial charge in [0.2, 0.25) is 0 Å². The molecule has 1 aliphatic rings. The zero-order valence-electron chi connectivity index (χ0n) is 17.0. The molecule has 0 spiro atoms. The van der Waals surface area contributed by atoms with Crippen LogP contribution in [0.3, 0.4) is 0 Å². The monoisotopic (exact) mass is 378 g/mol. The van der Waals surface area contributed by atoms with E-state index in [0.717, 1.165) is 31.7 Å². The van der Waals surface area contributed by atoms with Gasteiger partial charge in [-0.2, -0.15) is 0 Å². The van der Waals surface area contributed by atoms with Gasteiger partial charge >= 0.3 is 0 Å². The van der Waals surface area contributed by atoms with E-state index < -0.39 is 0 Å². The molecular weight excluding hydrogens is 348 g/mol. The van der Waals surface area contributed by atoms with Crippen molar-refractivity contribution in [2.75, 3.05) is 20.2 Å². The average Bonchev–Trinajstić information content (AvgIpc) is 3.27. The van der Waals surface area contributed by atoms with E-state index in [1.165, 1.54) is 22.0 Å². The van der Waals surface area contributed by atoms with Gasteiger partial charge in [0.15, 0.2) is 0 Å². The lowest BCUT2D eigenvalue weighted by molar-refractivity contribution is 0.242. The summed E-state index contributed by atoms with van der Waals surface area (Å²) in [6.07, 6.45) is 8.26. The lowest BCUT2D eigenvalue weighted by Crippen LogP contribution is -2.34. The van der Waals surface area contributed by atoms with Crippen molar-refractivity contribution in [3.05, 3.63) is 60.0 Å². The van der Waals surface area contributed by atoms with Crippen molar-refractivity contribution >= 4 is 10.9 Å². The largest absolute Gasteiger partial charge is 0.497 e. The summed E-state index contributed by atoms with van der Waals surface area (Å²) < 4.78 is 7.41. The van der Waals surface area contributed by atoms with Gasteiger partial charge in [-0.05, 0) is 49.1 Å². The second kappa shape index (κ2) is 7.94. The van der Waals surface area contributed by atoms with Gasteiger partial charge in [0.1, 0.15) is 5.75 Å². The fourth-order valence-electron chi connectivity index (χ4n) is 4.45. The quantitative estimate of drug-likeness (QED) is 0.715. The number of likely N-dealkylation sites (tertiary alicyclic amines) is 1. The van der Waals surface area contributed by atoms with Crippen LogP contribution >= 0.6 is 0 Å².